The Morgan fingerprint density at radius 3 is 2.65 bits per heavy atom. The molecule has 4 rings (SSSR count). The molecule has 1 saturated carbocycles. The fourth-order valence-corrected chi connectivity index (χ4v) is 3.93. The largest absolute Gasteiger partial charge is 0.495 e. The van der Waals surface area contributed by atoms with Crippen LogP contribution in [-0.2, 0) is 10.2 Å². The number of aryl methyl sites for hydroxylation is 2. The molecule has 0 aliphatic heterocycles. The summed E-state index contributed by atoms with van der Waals surface area (Å²) in [6, 6.07) is 11.7. The summed E-state index contributed by atoms with van der Waals surface area (Å²) < 4.78 is 5.39. The Labute approximate surface area is 157 Å². The minimum absolute atomic E-state index is 0.00498. The van der Waals surface area contributed by atoms with Crippen LogP contribution in [-0.4, -0.2) is 18.0 Å². The molecule has 5 heteroatoms. The third-order valence-corrected chi connectivity index (χ3v) is 5.69. The van der Waals surface area contributed by atoms with Gasteiger partial charge in [0.05, 0.1) is 18.2 Å². The standard InChI is InChI=1S/C21H21ClN2O2/c1-12-10-17(18(26-3)11-15(12)22)24-20(25)21(8-9-21)19-13(2)23-16-7-5-4-6-14(16)19/h4-7,10-11,23H,8-9H2,1-3H3,(H,24,25). The molecule has 0 radical (unpaired) electrons. The molecule has 0 bridgehead atoms. The first-order chi connectivity index (χ1) is 12.5. The fourth-order valence-electron chi connectivity index (χ4n) is 3.78. The van der Waals surface area contributed by atoms with E-state index in [1.54, 1.807) is 13.2 Å². The molecular weight excluding hydrogens is 348 g/mol. The number of rotatable bonds is 4. The summed E-state index contributed by atoms with van der Waals surface area (Å²) in [5.74, 6) is 0.575. The van der Waals surface area contributed by atoms with E-state index in [-0.39, 0.29) is 5.91 Å². The lowest BCUT2D eigenvalue weighted by Crippen LogP contribution is -2.28. The zero-order chi connectivity index (χ0) is 18.5. The number of ether oxygens (including phenoxy) is 1. The average molecular weight is 369 g/mol. The lowest BCUT2D eigenvalue weighted by molar-refractivity contribution is -0.118. The number of methoxy groups -OCH3 is 1. The van der Waals surface area contributed by atoms with E-state index in [4.69, 9.17) is 16.3 Å². The molecule has 1 aliphatic rings. The topological polar surface area (TPSA) is 54.1 Å². The SMILES string of the molecule is COc1cc(Cl)c(C)cc1NC(=O)C1(c2c(C)[nH]c3ccccc23)CC1. The second-order valence-corrected chi connectivity index (χ2v) is 7.42. The molecule has 3 aromatic rings. The van der Waals surface area contributed by atoms with Crippen LogP contribution < -0.4 is 10.1 Å². The number of hydrogen-bond donors (Lipinski definition) is 2. The van der Waals surface area contributed by atoms with Crippen LogP contribution in [0.1, 0.15) is 29.7 Å². The summed E-state index contributed by atoms with van der Waals surface area (Å²) in [6.45, 7) is 3.95. The molecule has 2 aromatic carbocycles. The van der Waals surface area contributed by atoms with Crippen molar-refractivity contribution in [2.24, 2.45) is 0 Å². The highest BCUT2D eigenvalue weighted by Gasteiger charge is 2.53. The van der Waals surface area contributed by atoms with Crippen molar-refractivity contribution in [2.75, 3.05) is 12.4 Å². The summed E-state index contributed by atoms with van der Waals surface area (Å²) in [7, 11) is 1.58. The number of fused-ring (bicyclic) bond motifs is 1. The third-order valence-electron chi connectivity index (χ3n) is 5.29. The highest BCUT2D eigenvalue weighted by atomic mass is 35.5. The van der Waals surface area contributed by atoms with Crippen LogP contribution >= 0.6 is 11.6 Å². The molecule has 26 heavy (non-hydrogen) atoms. The number of amides is 1. The number of benzene rings is 2. The van der Waals surface area contributed by atoms with E-state index in [9.17, 15) is 4.79 Å². The van der Waals surface area contributed by atoms with Gasteiger partial charge in [0, 0.05) is 27.7 Å². The van der Waals surface area contributed by atoms with E-state index < -0.39 is 5.41 Å². The quantitative estimate of drug-likeness (QED) is 0.671. The first-order valence-electron chi connectivity index (χ1n) is 8.69. The van der Waals surface area contributed by atoms with Gasteiger partial charge in [-0.1, -0.05) is 29.8 Å². The molecule has 0 spiro atoms. The first-order valence-corrected chi connectivity index (χ1v) is 9.07. The van der Waals surface area contributed by atoms with E-state index in [1.807, 2.05) is 38.1 Å². The van der Waals surface area contributed by atoms with Gasteiger partial charge in [-0.25, -0.2) is 0 Å². The highest BCUT2D eigenvalue weighted by molar-refractivity contribution is 6.31. The molecule has 1 aliphatic carbocycles. The smallest absolute Gasteiger partial charge is 0.235 e. The van der Waals surface area contributed by atoms with Gasteiger partial charge >= 0.3 is 0 Å². The summed E-state index contributed by atoms with van der Waals surface area (Å²) >= 11 is 6.17. The number of carbonyl (C=O) groups excluding carboxylic acids is 1. The number of aromatic amines is 1. The number of hydrogen-bond acceptors (Lipinski definition) is 2. The number of halogens is 1. The summed E-state index contributed by atoms with van der Waals surface area (Å²) in [5, 5.41) is 4.82. The molecule has 134 valence electrons. The lowest BCUT2D eigenvalue weighted by atomic mass is 9.92. The van der Waals surface area contributed by atoms with Crippen LogP contribution in [0.25, 0.3) is 10.9 Å². The van der Waals surface area contributed by atoms with Crippen molar-refractivity contribution >= 4 is 34.1 Å². The Kier molecular flexibility index (Phi) is 3.96. The van der Waals surface area contributed by atoms with Crippen LogP contribution in [0.15, 0.2) is 36.4 Å². The minimum atomic E-state index is -0.484. The van der Waals surface area contributed by atoms with E-state index >= 15 is 0 Å². The number of H-pyrrole nitrogens is 1. The molecule has 2 N–H and O–H groups in total. The second-order valence-electron chi connectivity index (χ2n) is 7.01. The summed E-state index contributed by atoms with van der Waals surface area (Å²) in [5.41, 5.74) is 4.30. The van der Waals surface area contributed by atoms with Crippen LogP contribution in [0.4, 0.5) is 5.69 Å². The van der Waals surface area contributed by atoms with Gasteiger partial charge in [-0.05, 0) is 49.9 Å². The predicted octanol–water partition coefficient (Wildman–Crippen LogP) is 5.12. The molecule has 0 atom stereocenters. The van der Waals surface area contributed by atoms with Gasteiger partial charge in [-0.3, -0.25) is 4.79 Å². The van der Waals surface area contributed by atoms with Gasteiger partial charge in [0.15, 0.2) is 0 Å². The van der Waals surface area contributed by atoms with Gasteiger partial charge in [0.25, 0.3) is 0 Å². The average Bonchev–Trinajstić information content (AvgIpc) is 3.34. The first kappa shape index (κ1) is 17.0. The van der Waals surface area contributed by atoms with Crippen molar-refractivity contribution in [3.05, 3.63) is 58.2 Å². The second kappa shape index (κ2) is 6.06. The monoisotopic (exact) mass is 368 g/mol. The van der Waals surface area contributed by atoms with Gasteiger partial charge in [0.2, 0.25) is 5.91 Å². The van der Waals surface area contributed by atoms with Crippen LogP contribution in [0.3, 0.4) is 0 Å². The number of aromatic nitrogens is 1. The fraction of sp³-hybridized carbons (Fsp3) is 0.286. The number of nitrogens with one attached hydrogen (secondary N) is 2. The molecule has 1 fully saturated rings. The van der Waals surface area contributed by atoms with Crippen molar-refractivity contribution in [3.63, 3.8) is 0 Å². The van der Waals surface area contributed by atoms with Gasteiger partial charge < -0.3 is 15.0 Å². The van der Waals surface area contributed by atoms with Crippen LogP contribution in [0.2, 0.25) is 5.02 Å². The van der Waals surface area contributed by atoms with Gasteiger partial charge in [-0.15, -0.1) is 0 Å². The minimum Gasteiger partial charge on any atom is -0.495 e. The molecule has 1 aromatic heterocycles. The van der Waals surface area contributed by atoms with E-state index in [0.29, 0.717) is 16.5 Å². The zero-order valence-corrected chi connectivity index (χ0v) is 15.8. The van der Waals surface area contributed by atoms with E-state index in [2.05, 4.69) is 16.4 Å². The Hall–Kier alpha value is -2.46. The Bertz CT molecular complexity index is 1020. The number of carbonyl (C=O) groups is 1. The van der Waals surface area contributed by atoms with Crippen LogP contribution in [0, 0.1) is 13.8 Å². The number of para-hydroxylation sites is 1. The van der Waals surface area contributed by atoms with Gasteiger partial charge in [0.1, 0.15) is 5.75 Å². The molecule has 1 amide bonds. The third kappa shape index (κ3) is 2.56. The predicted molar refractivity (Wildman–Crippen MR) is 105 cm³/mol. The normalized spacial score (nSPS) is 15.1. The van der Waals surface area contributed by atoms with Gasteiger partial charge in [-0.2, -0.15) is 0 Å². The van der Waals surface area contributed by atoms with Crippen molar-refractivity contribution in [1.29, 1.82) is 0 Å². The van der Waals surface area contributed by atoms with Crippen molar-refractivity contribution in [3.8, 4) is 5.75 Å². The highest BCUT2D eigenvalue weighted by Crippen LogP contribution is 2.52. The molecule has 0 saturated heterocycles. The number of anilines is 1. The summed E-state index contributed by atoms with van der Waals surface area (Å²) in [4.78, 5) is 16.7. The zero-order valence-electron chi connectivity index (χ0n) is 15.1. The van der Waals surface area contributed by atoms with Crippen molar-refractivity contribution in [2.45, 2.75) is 32.1 Å². The maximum Gasteiger partial charge on any atom is 0.235 e. The van der Waals surface area contributed by atoms with Crippen molar-refractivity contribution in [1.82, 2.24) is 4.98 Å². The maximum atomic E-state index is 13.2. The Morgan fingerprint density at radius 1 is 1.23 bits per heavy atom. The molecule has 1 heterocycles. The van der Waals surface area contributed by atoms with E-state index in [1.165, 1.54) is 0 Å². The molecule has 4 nitrogen and oxygen atoms in total. The van der Waals surface area contributed by atoms with Crippen molar-refractivity contribution < 1.29 is 9.53 Å². The summed E-state index contributed by atoms with van der Waals surface area (Å²) in [6.07, 6.45) is 1.69. The molecule has 0 unspecified atom stereocenters. The Morgan fingerprint density at radius 2 is 1.96 bits per heavy atom. The molecular formula is C21H21ClN2O2. The maximum absolute atomic E-state index is 13.2. The van der Waals surface area contributed by atoms with E-state index in [0.717, 1.165) is 40.6 Å². The Balaban J connectivity index is 1.73. The lowest BCUT2D eigenvalue weighted by Gasteiger charge is -2.18. The van der Waals surface area contributed by atoms with Crippen LogP contribution in [0.5, 0.6) is 5.75 Å².